The van der Waals surface area contributed by atoms with E-state index in [1.54, 1.807) is 11.0 Å². The molecule has 2 heterocycles. The SMILES string of the molecule is NC1(C(=O)NCc2ccccc2-c2ccc(Cn3cncn3)cc2)CCOCC1. The second-order valence-corrected chi connectivity index (χ2v) is 7.40. The standard InChI is InChI=1S/C22H25N5O2/c23-22(9-11-29-12-10-22)21(28)25-13-19-3-1-2-4-20(19)18-7-5-17(6-8-18)14-27-16-24-15-26-27/h1-8,15-16H,9-14,23H2,(H,25,28). The van der Waals surface area contributed by atoms with Gasteiger partial charge in [-0.05, 0) is 35.1 Å². The van der Waals surface area contributed by atoms with Crippen molar-refractivity contribution in [3.8, 4) is 11.1 Å². The summed E-state index contributed by atoms with van der Waals surface area (Å²) in [6, 6.07) is 16.5. The normalized spacial score (nSPS) is 15.8. The predicted molar refractivity (Wildman–Crippen MR) is 110 cm³/mol. The number of nitrogens with zero attached hydrogens (tertiary/aromatic N) is 3. The van der Waals surface area contributed by atoms with Crippen LogP contribution in [0.5, 0.6) is 0 Å². The molecule has 0 radical (unpaired) electrons. The molecule has 3 N–H and O–H groups in total. The van der Waals surface area contributed by atoms with E-state index in [1.165, 1.54) is 6.33 Å². The minimum absolute atomic E-state index is 0.112. The van der Waals surface area contributed by atoms with Gasteiger partial charge >= 0.3 is 0 Å². The van der Waals surface area contributed by atoms with E-state index in [9.17, 15) is 4.79 Å². The average Bonchev–Trinajstić information content (AvgIpc) is 3.26. The van der Waals surface area contributed by atoms with Gasteiger partial charge in [-0.25, -0.2) is 9.67 Å². The molecule has 1 aliphatic rings. The van der Waals surface area contributed by atoms with Gasteiger partial charge in [-0.3, -0.25) is 4.79 Å². The molecule has 7 heteroatoms. The Kier molecular flexibility index (Phi) is 5.69. The molecule has 0 spiro atoms. The fourth-order valence-electron chi connectivity index (χ4n) is 3.56. The maximum absolute atomic E-state index is 12.6. The zero-order valence-electron chi connectivity index (χ0n) is 16.3. The minimum atomic E-state index is -0.837. The lowest BCUT2D eigenvalue weighted by Gasteiger charge is -2.31. The lowest BCUT2D eigenvalue weighted by Crippen LogP contribution is -2.56. The van der Waals surface area contributed by atoms with Crippen LogP contribution in [0.1, 0.15) is 24.0 Å². The van der Waals surface area contributed by atoms with E-state index in [4.69, 9.17) is 10.5 Å². The van der Waals surface area contributed by atoms with E-state index in [0.717, 1.165) is 22.3 Å². The van der Waals surface area contributed by atoms with Gasteiger partial charge in [0.15, 0.2) is 0 Å². The van der Waals surface area contributed by atoms with Gasteiger partial charge in [-0.15, -0.1) is 0 Å². The summed E-state index contributed by atoms with van der Waals surface area (Å²) in [4.78, 5) is 16.6. The van der Waals surface area contributed by atoms with Crippen LogP contribution in [0, 0.1) is 0 Å². The van der Waals surface area contributed by atoms with Crippen molar-refractivity contribution in [2.45, 2.75) is 31.5 Å². The number of carbonyl (C=O) groups is 1. The molecule has 4 rings (SSSR count). The smallest absolute Gasteiger partial charge is 0.240 e. The molecule has 2 aromatic carbocycles. The van der Waals surface area contributed by atoms with Crippen LogP contribution in [0.3, 0.4) is 0 Å². The molecule has 1 aromatic heterocycles. The van der Waals surface area contributed by atoms with Crippen LogP contribution in [0.4, 0.5) is 0 Å². The molecule has 29 heavy (non-hydrogen) atoms. The van der Waals surface area contributed by atoms with Crippen molar-refractivity contribution < 1.29 is 9.53 Å². The molecule has 1 aliphatic heterocycles. The first-order chi connectivity index (χ1) is 14.1. The molecule has 0 unspecified atom stereocenters. The highest BCUT2D eigenvalue weighted by Crippen LogP contribution is 2.25. The number of nitrogens with one attached hydrogen (secondary N) is 1. The highest BCUT2D eigenvalue weighted by molar-refractivity contribution is 5.86. The molecule has 0 atom stereocenters. The number of nitrogens with two attached hydrogens (primary N) is 1. The van der Waals surface area contributed by atoms with Crippen molar-refractivity contribution in [1.82, 2.24) is 20.1 Å². The van der Waals surface area contributed by atoms with E-state index in [1.807, 2.05) is 18.2 Å². The lowest BCUT2D eigenvalue weighted by atomic mass is 9.90. The third kappa shape index (κ3) is 4.52. The van der Waals surface area contributed by atoms with Gasteiger partial charge in [-0.1, -0.05) is 48.5 Å². The Morgan fingerprint density at radius 1 is 1.14 bits per heavy atom. The number of rotatable bonds is 6. The van der Waals surface area contributed by atoms with E-state index in [2.05, 4.69) is 45.7 Å². The molecule has 0 bridgehead atoms. The second-order valence-electron chi connectivity index (χ2n) is 7.40. The summed E-state index contributed by atoms with van der Waals surface area (Å²) in [5, 5.41) is 7.16. The average molecular weight is 391 g/mol. The minimum Gasteiger partial charge on any atom is -0.381 e. The topological polar surface area (TPSA) is 95.1 Å². The van der Waals surface area contributed by atoms with E-state index >= 15 is 0 Å². The van der Waals surface area contributed by atoms with Crippen molar-refractivity contribution in [2.75, 3.05) is 13.2 Å². The van der Waals surface area contributed by atoms with Gasteiger partial charge in [0.1, 0.15) is 12.7 Å². The van der Waals surface area contributed by atoms with Gasteiger partial charge in [0.05, 0.1) is 12.1 Å². The summed E-state index contributed by atoms with van der Waals surface area (Å²) < 4.78 is 7.12. The Morgan fingerprint density at radius 3 is 2.62 bits per heavy atom. The molecule has 1 fully saturated rings. The number of aromatic nitrogens is 3. The molecule has 0 saturated carbocycles. The van der Waals surface area contributed by atoms with Crippen LogP contribution >= 0.6 is 0 Å². The van der Waals surface area contributed by atoms with Crippen molar-refractivity contribution in [1.29, 1.82) is 0 Å². The Hall–Kier alpha value is -3.03. The van der Waals surface area contributed by atoms with Crippen molar-refractivity contribution in [2.24, 2.45) is 5.73 Å². The second kappa shape index (κ2) is 8.55. The van der Waals surface area contributed by atoms with Crippen LogP contribution in [0.25, 0.3) is 11.1 Å². The first-order valence-electron chi connectivity index (χ1n) is 9.79. The number of hydrogen-bond donors (Lipinski definition) is 2. The third-order valence-corrected chi connectivity index (χ3v) is 5.37. The van der Waals surface area contributed by atoms with Gasteiger partial charge in [0.2, 0.25) is 5.91 Å². The first-order valence-corrected chi connectivity index (χ1v) is 9.79. The molecular weight excluding hydrogens is 366 g/mol. The Balaban J connectivity index is 1.46. The summed E-state index contributed by atoms with van der Waals surface area (Å²) in [7, 11) is 0. The van der Waals surface area contributed by atoms with Crippen LogP contribution in [-0.4, -0.2) is 39.4 Å². The first kappa shape index (κ1) is 19.3. The van der Waals surface area contributed by atoms with E-state index < -0.39 is 5.54 Å². The fraction of sp³-hybridized carbons (Fsp3) is 0.318. The number of benzene rings is 2. The maximum atomic E-state index is 12.6. The lowest BCUT2D eigenvalue weighted by molar-refractivity contribution is -0.129. The summed E-state index contributed by atoms with van der Waals surface area (Å²) in [5.41, 5.74) is 9.85. The van der Waals surface area contributed by atoms with Crippen molar-refractivity contribution in [3.05, 3.63) is 72.3 Å². The molecule has 0 aliphatic carbocycles. The number of hydrogen-bond acceptors (Lipinski definition) is 5. The van der Waals surface area contributed by atoms with Gasteiger partial charge in [0, 0.05) is 19.8 Å². The zero-order chi connectivity index (χ0) is 20.1. The van der Waals surface area contributed by atoms with Crippen LogP contribution < -0.4 is 11.1 Å². The number of ether oxygens (including phenoxy) is 1. The molecular formula is C22H25N5O2. The Labute approximate surface area is 169 Å². The molecule has 3 aromatic rings. The molecule has 7 nitrogen and oxygen atoms in total. The van der Waals surface area contributed by atoms with E-state index in [-0.39, 0.29) is 5.91 Å². The predicted octanol–water partition coefficient (Wildman–Crippen LogP) is 2.12. The zero-order valence-corrected chi connectivity index (χ0v) is 16.3. The van der Waals surface area contributed by atoms with Crippen LogP contribution in [0.2, 0.25) is 0 Å². The monoisotopic (exact) mass is 391 g/mol. The van der Waals surface area contributed by atoms with Crippen LogP contribution in [-0.2, 0) is 22.6 Å². The van der Waals surface area contributed by atoms with Gasteiger partial charge in [-0.2, -0.15) is 5.10 Å². The summed E-state index contributed by atoms with van der Waals surface area (Å²) >= 11 is 0. The highest BCUT2D eigenvalue weighted by atomic mass is 16.5. The Morgan fingerprint density at radius 2 is 1.90 bits per heavy atom. The number of amides is 1. The van der Waals surface area contributed by atoms with Crippen LogP contribution in [0.15, 0.2) is 61.2 Å². The summed E-state index contributed by atoms with van der Waals surface area (Å²) in [6.07, 6.45) is 4.33. The van der Waals surface area contributed by atoms with E-state index in [0.29, 0.717) is 39.1 Å². The molecule has 1 saturated heterocycles. The largest absolute Gasteiger partial charge is 0.381 e. The third-order valence-electron chi connectivity index (χ3n) is 5.37. The maximum Gasteiger partial charge on any atom is 0.240 e. The summed E-state index contributed by atoms with van der Waals surface area (Å²) in [5.74, 6) is -0.112. The number of carbonyl (C=O) groups excluding carboxylic acids is 1. The quantitative estimate of drug-likeness (QED) is 0.671. The summed E-state index contributed by atoms with van der Waals surface area (Å²) in [6.45, 7) is 2.18. The fourth-order valence-corrected chi connectivity index (χ4v) is 3.56. The highest BCUT2D eigenvalue weighted by Gasteiger charge is 2.35. The van der Waals surface area contributed by atoms with Gasteiger partial charge in [0.25, 0.3) is 0 Å². The molecule has 1 amide bonds. The van der Waals surface area contributed by atoms with Crippen molar-refractivity contribution >= 4 is 5.91 Å². The molecule has 150 valence electrons. The Bertz CT molecular complexity index is 948. The van der Waals surface area contributed by atoms with Gasteiger partial charge < -0.3 is 15.8 Å². The van der Waals surface area contributed by atoms with Crippen molar-refractivity contribution in [3.63, 3.8) is 0 Å².